The molecular weight excluding hydrogens is 368 g/mol. The predicted molar refractivity (Wildman–Crippen MR) is 96.3 cm³/mol. The van der Waals surface area contributed by atoms with Crippen molar-refractivity contribution in [3.63, 3.8) is 0 Å². The predicted octanol–water partition coefficient (Wildman–Crippen LogP) is 4.87. The fourth-order valence-corrected chi connectivity index (χ4v) is 4.75. The maximum atomic E-state index is 11.2. The normalized spacial score (nSPS) is 10.7. The molecule has 0 saturated heterocycles. The zero-order valence-electron chi connectivity index (χ0n) is 12.3. The summed E-state index contributed by atoms with van der Waals surface area (Å²) in [6.07, 6.45) is 1.89. The van der Waals surface area contributed by atoms with Gasteiger partial charge in [0.1, 0.15) is 9.88 Å². The van der Waals surface area contributed by atoms with Crippen molar-refractivity contribution in [2.24, 2.45) is 0 Å². The highest BCUT2D eigenvalue weighted by Gasteiger charge is 2.17. The topological polar surface area (TPSA) is 93.3 Å². The second-order valence-corrected chi connectivity index (χ2v) is 7.65. The Morgan fingerprint density at radius 2 is 2.04 bits per heavy atom. The van der Waals surface area contributed by atoms with Gasteiger partial charge in [0.2, 0.25) is 0 Å². The van der Waals surface area contributed by atoms with Crippen LogP contribution in [0.15, 0.2) is 39.9 Å². The van der Waals surface area contributed by atoms with Gasteiger partial charge in [0, 0.05) is 28.6 Å². The quantitative estimate of drug-likeness (QED) is 0.387. The number of benzene rings is 1. The third-order valence-corrected chi connectivity index (χ3v) is 6.34. The molecule has 0 aliphatic rings. The first-order chi connectivity index (χ1) is 11.5. The second kappa shape index (κ2) is 6.71. The number of aromatic carboxylic acids is 1. The van der Waals surface area contributed by atoms with Gasteiger partial charge in [-0.05, 0) is 24.5 Å². The van der Waals surface area contributed by atoms with Crippen molar-refractivity contribution in [2.75, 3.05) is 6.26 Å². The average Bonchev–Trinajstić information content (AvgIpc) is 3.21. The van der Waals surface area contributed by atoms with Crippen molar-refractivity contribution in [3.8, 4) is 21.8 Å². The Bertz CT molecular complexity index is 915. The third kappa shape index (κ3) is 3.18. The lowest BCUT2D eigenvalue weighted by molar-refractivity contribution is -0.384. The van der Waals surface area contributed by atoms with E-state index in [1.54, 1.807) is 18.2 Å². The Morgan fingerprint density at radius 3 is 2.62 bits per heavy atom. The van der Waals surface area contributed by atoms with Gasteiger partial charge in [-0.15, -0.1) is 34.4 Å². The number of aromatic nitrogens is 1. The molecule has 24 heavy (non-hydrogen) atoms. The van der Waals surface area contributed by atoms with E-state index in [0.29, 0.717) is 5.69 Å². The number of carbonyl (C=O) groups is 1. The molecule has 2 heterocycles. The van der Waals surface area contributed by atoms with E-state index in [1.165, 1.54) is 46.6 Å². The first kappa shape index (κ1) is 16.6. The summed E-state index contributed by atoms with van der Waals surface area (Å²) < 4.78 is 0.900. The van der Waals surface area contributed by atoms with Crippen molar-refractivity contribution >= 4 is 46.1 Å². The smallest absolute Gasteiger partial charge is 0.345 e. The van der Waals surface area contributed by atoms with Crippen LogP contribution in [0.4, 0.5) is 5.69 Å². The van der Waals surface area contributed by atoms with Gasteiger partial charge in [-0.25, -0.2) is 9.78 Å². The molecule has 0 fully saturated rings. The zero-order valence-corrected chi connectivity index (χ0v) is 14.7. The fourth-order valence-electron chi connectivity index (χ4n) is 2.06. The van der Waals surface area contributed by atoms with E-state index in [1.807, 2.05) is 11.6 Å². The highest BCUT2D eigenvalue weighted by atomic mass is 32.2. The lowest BCUT2D eigenvalue weighted by Crippen LogP contribution is -1.89. The number of thioether (sulfide) groups is 1. The summed E-state index contributed by atoms with van der Waals surface area (Å²) in [7, 11) is 0. The Kier molecular flexibility index (Phi) is 4.65. The van der Waals surface area contributed by atoms with Crippen molar-refractivity contribution in [3.05, 3.63) is 50.7 Å². The van der Waals surface area contributed by atoms with Crippen LogP contribution in [0.5, 0.6) is 0 Å². The van der Waals surface area contributed by atoms with Crippen molar-refractivity contribution in [2.45, 2.75) is 4.21 Å². The van der Waals surface area contributed by atoms with Crippen LogP contribution >= 0.6 is 34.4 Å². The number of nitro groups is 1. The monoisotopic (exact) mass is 378 g/mol. The van der Waals surface area contributed by atoms with Crippen LogP contribution in [-0.2, 0) is 0 Å². The number of nitrogens with zero attached hydrogens (tertiary/aromatic N) is 2. The van der Waals surface area contributed by atoms with Gasteiger partial charge in [-0.1, -0.05) is 0 Å². The van der Waals surface area contributed by atoms with Crippen molar-refractivity contribution in [1.82, 2.24) is 4.98 Å². The van der Waals surface area contributed by atoms with Gasteiger partial charge in [0.25, 0.3) is 5.69 Å². The van der Waals surface area contributed by atoms with E-state index in [2.05, 4.69) is 4.98 Å². The summed E-state index contributed by atoms with van der Waals surface area (Å²) in [5.74, 6) is -0.950. The number of hydrogen-bond acceptors (Lipinski definition) is 7. The summed E-state index contributed by atoms with van der Waals surface area (Å²) in [5.41, 5.74) is 2.33. The van der Waals surface area contributed by atoms with E-state index in [-0.39, 0.29) is 10.6 Å². The minimum absolute atomic E-state index is 0.0304. The summed E-state index contributed by atoms with van der Waals surface area (Å²) in [5, 5.41) is 22.4. The van der Waals surface area contributed by atoms with Gasteiger partial charge in [-0.2, -0.15) is 0 Å². The highest BCUT2D eigenvalue weighted by Crippen LogP contribution is 2.40. The molecule has 3 aromatic rings. The molecule has 0 amide bonds. The molecule has 0 bridgehead atoms. The Balaban J connectivity index is 1.96. The number of nitro benzene ring substituents is 1. The molecule has 2 aromatic heterocycles. The van der Waals surface area contributed by atoms with Crippen LogP contribution in [-0.4, -0.2) is 27.2 Å². The zero-order chi connectivity index (χ0) is 17.3. The average molecular weight is 378 g/mol. The summed E-state index contributed by atoms with van der Waals surface area (Å²) in [6.45, 7) is 0. The molecule has 0 radical (unpaired) electrons. The molecule has 0 spiro atoms. The van der Waals surface area contributed by atoms with E-state index in [4.69, 9.17) is 5.11 Å². The molecule has 122 valence electrons. The molecule has 9 heteroatoms. The summed E-state index contributed by atoms with van der Waals surface area (Å²) >= 11 is 4.13. The molecule has 1 aromatic carbocycles. The molecule has 6 nitrogen and oxygen atoms in total. The van der Waals surface area contributed by atoms with E-state index < -0.39 is 10.9 Å². The standard InChI is InChI=1S/C15H10N2O4S3/c1-22-15-10(6-12(24-15)14(18)19)13-16-11(7-23-13)8-2-4-9(5-3-8)17(20)21/h2-7H,1H3,(H,18,19). The van der Waals surface area contributed by atoms with Crippen LogP contribution in [0.3, 0.4) is 0 Å². The van der Waals surface area contributed by atoms with Crippen molar-refractivity contribution < 1.29 is 14.8 Å². The number of thiophene rings is 1. The number of rotatable bonds is 5. The van der Waals surface area contributed by atoms with Crippen LogP contribution in [0.25, 0.3) is 21.8 Å². The maximum Gasteiger partial charge on any atom is 0.345 e. The highest BCUT2D eigenvalue weighted by molar-refractivity contribution is 8.00. The molecule has 1 N–H and O–H groups in total. The summed E-state index contributed by atoms with van der Waals surface area (Å²) in [6, 6.07) is 7.83. The second-order valence-electron chi connectivity index (χ2n) is 4.66. The molecular formula is C15H10N2O4S3. The van der Waals surface area contributed by atoms with Crippen LogP contribution in [0, 0.1) is 10.1 Å². The van der Waals surface area contributed by atoms with Crippen LogP contribution < -0.4 is 0 Å². The van der Waals surface area contributed by atoms with Crippen LogP contribution in [0.1, 0.15) is 9.67 Å². The van der Waals surface area contributed by atoms with Gasteiger partial charge in [0.05, 0.1) is 14.8 Å². The maximum absolute atomic E-state index is 11.2. The first-order valence-electron chi connectivity index (χ1n) is 6.61. The number of thiazole rings is 1. The number of carboxylic acid groups (broad SMARTS) is 1. The number of non-ortho nitro benzene ring substituents is 1. The molecule has 0 atom stereocenters. The first-order valence-corrected chi connectivity index (χ1v) is 9.53. The Labute approximate surface area is 149 Å². The molecule has 0 aliphatic heterocycles. The van der Waals surface area contributed by atoms with Crippen LogP contribution in [0.2, 0.25) is 0 Å². The van der Waals surface area contributed by atoms with Gasteiger partial charge < -0.3 is 5.11 Å². The van der Waals surface area contributed by atoms with E-state index in [9.17, 15) is 14.9 Å². The Morgan fingerprint density at radius 1 is 1.33 bits per heavy atom. The molecule has 3 rings (SSSR count). The number of carboxylic acids is 1. The van der Waals surface area contributed by atoms with Gasteiger partial charge in [-0.3, -0.25) is 10.1 Å². The molecule has 0 saturated carbocycles. The fraction of sp³-hybridized carbons (Fsp3) is 0.0667. The molecule has 0 unspecified atom stereocenters. The van der Waals surface area contributed by atoms with Crippen molar-refractivity contribution in [1.29, 1.82) is 0 Å². The lowest BCUT2D eigenvalue weighted by Gasteiger charge is -1.97. The van der Waals surface area contributed by atoms with E-state index in [0.717, 1.165) is 20.3 Å². The van der Waals surface area contributed by atoms with Gasteiger partial charge >= 0.3 is 5.97 Å². The SMILES string of the molecule is CSc1sc(C(=O)O)cc1-c1nc(-c2ccc([N+](=O)[O-])cc2)cs1. The lowest BCUT2D eigenvalue weighted by atomic mass is 10.1. The van der Waals surface area contributed by atoms with E-state index >= 15 is 0 Å². The number of hydrogen-bond donors (Lipinski definition) is 1. The van der Waals surface area contributed by atoms with Gasteiger partial charge in [0.15, 0.2) is 0 Å². The minimum atomic E-state index is -0.950. The third-order valence-electron chi connectivity index (χ3n) is 3.20. The largest absolute Gasteiger partial charge is 0.477 e. The summed E-state index contributed by atoms with van der Waals surface area (Å²) in [4.78, 5) is 26.3. The molecule has 0 aliphatic carbocycles. The Hall–Kier alpha value is -2.23. The minimum Gasteiger partial charge on any atom is -0.477 e.